The first-order valence-electron chi connectivity index (χ1n) is 7.79. The molecule has 2 heterocycles. The lowest BCUT2D eigenvalue weighted by molar-refractivity contribution is 0.0991. The van der Waals surface area contributed by atoms with Crippen molar-refractivity contribution in [3.63, 3.8) is 0 Å². The van der Waals surface area contributed by atoms with Crippen LogP contribution in [0.25, 0.3) is 0 Å². The van der Waals surface area contributed by atoms with Crippen LogP contribution in [0.5, 0.6) is 0 Å². The van der Waals surface area contributed by atoms with Crippen molar-refractivity contribution in [3.8, 4) is 0 Å². The molecule has 1 amide bonds. The minimum Gasteiger partial charge on any atom is -0.438 e. The smallest absolute Gasteiger partial charge is 0.291 e. The van der Waals surface area contributed by atoms with Crippen LogP contribution in [0.15, 0.2) is 27.7 Å². The second kappa shape index (κ2) is 6.61. The van der Waals surface area contributed by atoms with Gasteiger partial charge in [-0.1, -0.05) is 0 Å². The number of rotatable bonds is 4. The summed E-state index contributed by atoms with van der Waals surface area (Å²) in [5.74, 6) is -0.622. The highest BCUT2D eigenvalue weighted by atomic mass is 32.2. The molecule has 2 rings (SSSR count). The minimum absolute atomic E-state index is 0.0892. The Morgan fingerprint density at radius 3 is 2.36 bits per heavy atom. The monoisotopic (exact) mass is 365 g/mol. The Kier molecular flexibility index (Phi) is 5.06. The van der Waals surface area contributed by atoms with Crippen molar-refractivity contribution in [3.05, 3.63) is 40.9 Å². The number of nitrogens with zero attached hydrogens (tertiary/aromatic N) is 1. The molecule has 2 aromatic rings. The van der Waals surface area contributed by atoms with E-state index in [0.717, 1.165) is 11.3 Å². The Labute approximate surface area is 147 Å². The van der Waals surface area contributed by atoms with E-state index in [4.69, 9.17) is 4.42 Å². The van der Waals surface area contributed by atoms with E-state index >= 15 is 0 Å². The van der Waals surface area contributed by atoms with Gasteiger partial charge in [0, 0.05) is 11.2 Å². The van der Waals surface area contributed by atoms with Gasteiger partial charge in [-0.15, -0.1) is 0 Å². The predicted molar refractivity (Wildman–Crippen MR) is 95.2 cm³/mol. The van der Waals surface area contributed by atoms with E-state index in [9.17, 15) is 13.2 Å². The van der Waals surface area contributed by atoms with Gasteiger partial charge in [-0.3, -0.25) is 9.78 Å². The van der Waals surface area contributed by atoms with Gasteiger partial charge in [-0.05, 0) is 65.3 Å². The largest absolute Gasteiger partial charge is 0.438 e. The Morgan fingerprint density at radius 2 is 1.80 bits per heavy atom. The van der Waals surface area contributed by atoms with E-state index < -0.39 is 21.5 Å². The number of furan rings is 1. The fraction of sp³-hybridized carbons (Fsp3) is 0.412. The SMILES string of the molecule is Cc1cc(C)c(NC(=O)c2ccc(S(=O)(=O)NC(C)(C)C)o2)c(C)n1. The number of aryl methyl sites for hydroxylation is 3. The highest BCUT2D eigenvalue weighted by Gasteiger charge is 2.26. The van der Waals surface area contributed by atoms with E-state index in [2.05, 4.69) is 15.0 Å². The van der Waals surface area contributed by atoms with Crippen LogP contribution in [0, 0.1) is 20.8 Å². The molecule has 0 bridgehead atoms. The van der Waals surface area contributed by atoms with Crippen molar-refractivity contribution in [2.75, 3.05) is 5.32 Å². The van der Waals surface area contributed by atoms with Gasteiger partial charge < -0.3 is 9.73 Å². The van der Waals surface area contributed by atoms with Crippen LogP contribution >= 0.6 is 0 Å². The zero-order valence-corrected chi connectivity index (χ0v) is 16.0. The molecular weight excluding hydrogens is 342 g/mol. The maximum atomic E-state index is 12.4. The summed E-state index contributed by atoms with van der Waals surface area (Å²) in [5, 5.41) is 2.42. The highest BCUT2D eigenvalue weighted by Crippen LogP contribution is 2.22. The number of hydrogen-bond acceptors (Lipinski definition) is 5. The van der Waals surface area contributed by atoms with Crippen LogP contribution < -0.4 is 10.0 Å². The predicted octanol–water partition coefficient (Wildman–Crippen LogP) is 2.93. The molecule has 0 atom stereocenters. The number of hydrogen-bond donors (Lipinski definition) is 2. The van der Waals surface area contributed by atoms with Gasteiger partial charge in [0.1, 0.15) is 0 Å². The third-order valence-electron chi connectivity index (χ3n) is 3.27. The number of carbonyl (C=O) groups is 1. The van der Waals surface area contributed by atoms with Gasteiger partial charge in [0.25, 0.3) is 15.9 Å². The summed E-state index contributed by atoms with van der Waals surface area (Å²) in [6.45, 7) is 10.7. The number of nitrogens with one attached hydrogen (secondary N) is 2. The van der Waals surface area contributed by atoms with E-state index in [1.807, 2.05) is 19.9 Å². The zero-order valence-electron chi connectivity index (χ0n) is 15.2. The molecule has 8 heteroatoms. The second-order valence-electron chi connectivity index (χ2n) is 6.97. The molecule has 2 aromatic heterocycles. The number of anilines is 1. The van der Waals surface area contributed by atoms with E-state index in [0.29, 0.717) is 11.4 Å². The molecule has 136 valence electrons. The van der Waals surface area contributed by atoms with Gasteiger partial charge in [0.05, 0.1) is 11.4 Å². The summed E-state index contributed by atoms with van der Waals surface area (Å²) < 4.78 is 32.2. The Hall–Kier alpha value is -2.19. The third kappa shape index (κ3) is 4.67. The van der Waals surface area contributed by atoms with E-state index in [1.54, 1.807) is 27.7 Å². The van der Waals surface area contributed by atoms with Gasteiger partial charge >= 0.3 is 0 Å². The maximum Gasteiger partial charge on any atom is 0.291 e. The molecule has 0 unspecified atom stereocenters. The second-order valence-corrected chi connectivity index (χ2v) is 8.58. The Bertz CT molecular complexity index is 885. The first-order chi connectivity index (χ1) is 11.4. The molecule has 25 heavy (non-hydrogen) atoms. The number of aromatic nitrogens is 1. The quantitative estimate of drug-likeness (QED) is 0.867. The van der Waals surface area contributed by atoms with Crippen molar-refractivity contribution >= 4 is 21.6 Å². The van der Waals surface area contributed by atoms with Crippen molar-refractivity contribution in [1.82, 2.24) is 9.71 Å². The normalized spacial score (nSPS) is 12.2. The van der Waals surface area contributed by atoms with Crippen LogP contribution in [0.3, 0.4) is 0 Å². The van der Waals surface area contributed by atoms with Crippen LogP contribution in [-0.2, 0) is 10.0 Å². The number of sulfonamides is 1. The lowest BCUT2D eigenvalue weighted by Crippen LogP contribution is -2.40. The fourth-order valence-electron chi connectivity index (χ4n) is 2.43. The third-order valence-corrected chi connectivity index (χ3v) is 4.90. The average Bonchev–Trinajstić information content (AvgIpc) is 2.90. The van der Waals surface area contributed by atoms with Crippen molar-refractivity contribution in [2.24, 2.45) is 0 Å². The molecule has 0 aromatic carbocycles. The summed E-state index contributed by atoms with van der Waals surface area (Å²) >= 11 is 0. The molecule has 2 N–H and O–H groups in total. The molecule has 0 aliphatic carbocycles. The lowest BCUT2D eigenvalue weighted by Gasteiger charge is -2.19. The van der Waals surface area contributed by atoms with E-state index in [1.165, 1.54) is 12.1 Å². The first-order valence-corrected chi connectivity index (χ1v) is 9.27. The van der Waals surface area contributed by atoms with Gasteiger partial charge in [-0.25, -0.2) is 13.1 Å². The van der Waals surface area contributed by atoms with Crippen LogP contribution in [0.2, 0.25) is 0 Å². The molecule has 0 saturated carbocycles. The average molecular weight is 365 g/mol. The molecule has 0 aliphatic rings. The number of carbonyl (C=O) groups excluding carboxylic acids is 1. The lowest BCUT2D eigenvalue weighted by atomic mass is 10.1. The molecule has 0 spiro atoms. The van der Waals surface area contributed by atoms with Gasteiger partial charge in [0.15, 0.2) is 5.76 Å². The van der Waals surface area contributed by atoms with Crippen molar-refractivity contribution in [1.29, 1.82) is 0 Å². The summed E-state index contributed by atoms with van der Waals surface area (Å²) in [4.78, 5) is 16.7. The molecule has 0 radical (unpaired) electrons. The molecule has 0 saturated heterocycles. The van der Waals surface area contributed by atoms with E-state index in [-0.39, 0.29) is 10.9 Å². The summed E-state index contributed by atoms with van der Waals surface area (Å²) in [6, 6.07) is 4.45. The Balaban J connectivity index is 2.25. The fourth-order valence-corrected chi connectivity index (χ4v) is 3.78. The summed E-state index contributed by atoms with van der Waals surface area (Å²) in [5.41, 5.74) is 2.33. The van der Waals surface area contributed by atoms with Crippen LogP contribution in [-0.4, -0.2) is 24.8 Å². The van der Waals surface area contributed by atoms with Crippen molar-refractivity contribution < 1.29 is 17.6 Å². The standard InChI is InChI=1S/C17H23N3O4S/c1-10-9-11(2)18-12(3)15(10)19-16(21)13-7-8-14(24-13)25(22,23)20-17(4,5)6/h7-9,20H,1-6H3,(H,19,21). The number of pyridine rings is 1. The topological polar surface area (TPSA) is 101 Å². The molecule has 7 nitrogen and oxygen atoms in total. The van der Waals surface area contributed by atoms with Crippen molar-refractivity contribution in [2.45, 2.75) is 52.2 Å². The summed E-state index contributed by atoms with van der Waals surface area (Å²) in [7, 11) is -3.83. The summed E-state index contributed by atoms with van der Waals surface area (Å²) in [6.07, 6.45) is 0. The van der Waals surface area contributed by atoms with Crippen LogP contribution in [0.4, 0.5) is 5.69 Å². The minimum atomic E-state index is -3.83. The molecule has 0 fully saturated rings. The molecule has 0 aliphatic heterocycles. The van der Waals surface area contributed by atoms with Crippen LogP contribution in [0.1, 0.15) is 48.3 Å². The highest BCUT2D eigenvalue weighted by molar-refractivity contribution is 7.89. The molecular formula is C17H23N3O4S. The first kappa shape index (κ1) is 19.1. The van der Waals surface area contributed by atoms with Gasteiger partial charge in [-0.2, -0.15) is 0 Å². The zero-order chi connectivity index (χ0) is 19.0. The Morgan fingerprint density at radius 1 is 1.16 bits per heavy atom. The van der Waals surface area contributed by atoms with Gasteiger partial charge in [0.2, 0.25) is 5.09 Å². The maximum absolute atomic E-state index is 12.4. The number of amides is 1.